The molecule has 0 amide bonds. The van der Waals surface area contributed by atoms with Crippen LogP contribution in [0.5, 0.6) is 0 Å². The van der Waals surface area contributed by atoms with Gasteiger partial charge in [-0.3, -0.25) is 0 Å². The summed E-state index contributed by atoms with van der Waals surface area (Å²) in [5, 5.41) is 4.05. The predicted molar refractivity (Wildman–Crippen MR) is 82.9 cm³/mol. The maximum atomic E-state index is 6.02. The van der Waals surface area contributed by atoms with E-state index in [1.807, 2.05) is 19.9 Å². The molecule has 0 bridgehead atoms. The highest BCUT2D eigenvalue weighted by Gasteiger charge is 2.09. The van der Waals surface area contributed by atoms with Gasteiger partial charge >= 0.3 is 0 Å². The zero-order chi connectivity index (χ0) is 14.7. The Kier molecular flexibility index (Phi) is 4.34. The number of anilines is 2. The van der Waals surface area contributed by atoms with Crippen molar-refractivity contribution < 1.29 is 0 Å². The summed E-state index contributed by atoms with van der Waals surface area (Å²) in [4.78, 5) is 15.3. The number of hydrogen-bond acceptors (Lipinski definition) is 6. The van der Waals surface area contributed by atoms with E-state index in [0.717, 1.165) is 36.2 Å². The number of aromatic nitrogens is 3. The van der Waals surface area contributed by atoms with Crippen LogP contribution in [0, 0.1) is 13.8 Å². The maximum Gasteiger partial charge on any atom is 0.226 e. The van der Waals surface area contributed by atoms with E-state index in [1.165, 1.54) is 0 Å². The number of pyridine rings is 1. The Morgan fingerprint density at radius 3 is 2.65 bits per heavy atom. The molecule has 0 radical (unpaired) electrons. The van der Waals surface area contributed by atoms with Crippen molar-refractivity contribution in [3.8, 4) is 0 Å². The number of nitrogens with two attached hydrogens (primary N) is 1. The lowest BCUT2D eigenvalue weighted by molar-refractivity contribution is 0.405. The lowest BCUT2D eigenvalue weighted by Crippen LogP contribution is -2.17. The molecule has 0 saturated heterocycles. The predicted octanol–water partition coefficient (Wildman–Crippen LogP) is 1.59. The van der Waals surface area contributed by atoms with Crippen LogP contribution in [0.2, 0.25) is 0 Å². The summed E-state index contributed by atoms with van der Waals surface area (Å²) in [6.07, 6.45) is 1.02. The van der Waals surface area contributed by atoms with Gasteiger partial charge in [0.1, 0.15) is 5.82 Å². The first-order chi connectivity index (χ1) is 9.47. The van der Waals surface area contributed by atoms with Crippen molar-refractivity contribution >= 4 is 22.8 Å². The molecule has 0 aliphatic heterocycles. The Morgan fingerprint density at radius 1 is 1.20 bits per heavy atom. The summed E-state index contributed by atoms with van der Waals surface area (Å²) in [7, 11) is 4.11. The molecule has 0 fully saturated rings. The molecule has 0 aliphatic carbocycles. The summed E-state index contributed by atoms with van der Waals surface area (Å²) in [6.45, 7) is 5.79. The molecular weight excluding hydrogens is 252 g/mol. The van der Waals surface area contributed by atoms with Gasteiger partial charge in [0.15, 0.2) is 5.65 Å². The molecule has 0 aromatic carbocycles. The fraction of sp³-hybridized carbons (Fsp3) is 0.500. The van der Waals surface area contributed by atoms with Crippen molar-refractivity contribution in [3.05, 3.63) is 17.3 Å². The minimum absolute atomic E-state index is 0.482. The van der Waals surface area contributed by atoms with E-state index in [-0.39, 0.29) is 0 Å². The van der Waals surface area contributed by atoms with Crippen LogP contribution in [0.4, 0.5) is 11.8 Å². The van der Waals surface area contributed by atoms with Gasteiger partial charge in [0, 0.05) is 12.2 Å². The third kappa shape index (κ3) is 3.33. The van der Waals surface area contributed by atoms with Crippen molar-refractivity contribution in [3.63, 3.8) is 0 Å². The van der Waals surface area contributed by atoms with E-state index in [9.17, 15) is 0 Å². The Morgan fingerprint density at radius 2 is 1.95 bits per heavy atom. The third-order valence-corrected chi connectivity index (χ3v) is 3.09. The van der Waals surface area contributed by atoms with Crippen molar-refractivity contribution in [1.29, 1.82) is 0 Å². The number of nitrogens with zero attached hydrogens (tertiary/aromatic N) is 4. The first kappa shape index (κ1) is 14.5. The zero-order valence-corrected chi connectivity index (χ0v) is 12.6. The lowest BCUT2D eigenvalue weighted by atomic mass is 10.1. The van der Waals surface area contributed by atoms with Crippen LogP contribution in [0.3, 0.4) is 0 Å². The number of fused-ring (bicyclic) bond motifs is 1. The highest BCUT2D eigenvalue weighted by molar-refractivity contribution is 5.89. The zero-order valence-electron chi connectivity index (χ0n) is 12.6. The molecule has 2 aromatic rings. The third-order valence-electron chi connectivity index (χ3n) is 3.09. The van der Waals surface area contributed by atoms with Gasteiger partial charge in [-0.1, -0.05) is 0 Å². The quantitative estimate of drug-likeness (QED) is 0.806. The second-order valence-corrected chi connectivity index (χ2v) is 5.30. The highest BCUT2D eigenvalue weighted by atomic mass is 15.1. The second kappa shape index (κ2) is 6.00. The summed E-state index contributed by atoms with van der Waals surface area (Å²) < 4.78 is 0. The van der Waals surface area contributed by atoms with Crippen LogP contribution in [-0.4, -0.2) is 47.0 Å². The first-order valence-corrected chi connectivity index (χ1v) is 6.77. The molecule has 20 heavy (non-hydrogen) atoms. The Hall–Kier alpha value is -1.95. The van der Waals surface area contributed by atoms with Gasteiger partial charge in [-0.05, 0) is 52.5 Å². The Bertz CT molecular complexity index is 608. The summed E-state index contributed by atoms with van der Waals surface area (Å²) >= 11 is 0. The van der Waals surface area contributed by atoms with Gasteiger partial charge in [0.05, 0.1) is 5.39 Å². The second-order valence-electron chi connectivity index (χ2n) is 5.30. The number of hydrogen-bond donors (Lipinski definition) is 2. The van der Waals surface area contributed by atoms with Crippen LogP contribution < -0.4 is 11.1 Å². The van der Waals surface area contributed by atoms with Gasteiger partial charge in [0.2, 0.25) is 5.95 Å². The molecule has 0 atom stereocenters. The van der Waals surface area contributed by atoms with Crippen molar-refractivity contribution in [2.45, 2.75) is 20.3 Å². The number of aryl methyl sites for hydroxylation is 2. The van der Waals surface area contributed by atoms with Crippen molar-refractivity contribution in [1.82, 2.24) is 19.9 Å². The van der Waals surface area contributed by atoms with Gasteiger partial charge < -0.3 is 16.0 Å². The highest BCUT2D eigenvalue weighted by Crippen LogP contribution is 2.22. The summed E-state index contributed by atoms with van der Waals surface area (Å²) in [5.41, 5.74) is 8.67. The van der Waals surface area contributed by atoms with E-state index in [1.54, 1.807) is 0 Å². The summed E-state index contributed by atoms with van der Waals surface area (Å²) in [5.74, 6) is 1.03. The molecule has 108 valence electrons. The summed E-state index contributed by atoms with van der Waals surface area (Å²) in [6, 6.07) is 1.99. The van der Waals surface area contributed by atoms with Crippen LogP contribution in [0.15, 0.2) is 6.07 Å². The van der Waals surface area contributed by atoms with Gasteiger partial charge in [0.25, 0.3) is 0 Å². The SMILES string of the molecule is Cc1cc(C)c2c(N)nc(NCCCN(C)C)nc2n1. The molecular formula is C14H22N6. The number of nitrogens with one attached hydrogen (secondary N) is 1. The molecule has 3 N–H and O–H groups in total. The van der Waals surface area contributed by atoms with Crippen molar-refractivity contribution in [2.75, 3.05) is 38.2 Å². The molecule has 0 aliphatic rings. The number of nitrogen functional groups attached to an aromatic ring is 1. The largest absolute Gasteiger partial charge is 0.383 e. The van der Waals surface area contributed by atoms with E-state index >= 15 is 0 Å². The fourth-order valence-corrected chi connectivity index (χ4v) is 2.18. The van der Waals surface area contributed by atoms with Crippen molar-refractivity contribution in [2.24, 2.45) is 0 Å². The van der Waals surface area contributed by atoms with E-state index in [2.05, 4.69) is 39.3 Å². The maximum absolute atomic E-state index is 6.02. The monoisotopic (exact) mass is 274 g/mol. The fourth-order valence-electron chi connectivity index (χ4n) is 2.18. The smallest absolute Gasteiger partial charge is 0.226 e. The van der Waals surface area contributed by atoms with E-state index < -0.39 is 0 Å². The average molecular weight is 274 g/mol. The molecule has 0 saturated carbocycles. The minimum atomic E-state index is 0.482. The normalized spacial score (nSPS) is 11.2. The van der Waals surface area contributed by atoms with Gasteiger partial charge in [-0.15, -0.1) is 0 Å². The molecule has 0 spiro atoms. The van der Waals surface area contributed by atoms with Gasteiger partial charge in [-0.25, -0.2) is 4.98 Å². The van der Waals surface area contributed by atoms with Crippen LogP contribution in [-0.2, 0) is 0 Å². The molecule has 2 rings (SSSR count). The van der Waals surface area contributed by atoms with E-state index in [4.69, 9.17) is 5.73 Å². The number of rotatable bonds is 5. The molecule has 6 heteroatoms. The van der Waals surface area contributed by atoms with E-state index in [0.29, 0.717) is 17.4 Å². The van der Waals surface area contributed by atoms with Crippen LogP contribution in [0.25, 0.3) is 11.0 Å². The van der Waals surface area contributed by atoms with Crippen LogP contribution in [0.1, 0.15) is 17.7 Å². The Balaban J connectivity index is 2.19. The Labute approximate surface area is 119 Å². The average Bonchev–Trinajstić information content (AvgIpc) is 2.33. The minimum Gasteiger partial charge on any atom is -0.383 e. The molecule has 6 nitrogen and oxygen atoms in total. The van der Waals surface area contributed by atoms with Crippen LogP contribution >= 0.6 is 0 Å². The first-order valence-electron chi connectivity index (χ1n) is 6.77. The molecule has 0 unspecified atom stereocenters. The lowest BCUT2D eigenvalue weighted by Gasteiger charge is -2.11. The van der Waals surface area contributed by atoms with Gasteiger partial charge in [-0.2, -0.15) is 9.97 Å². The molecule has 2 heterocycles. The topological polar surface area (TPSA) is 80.0 Å². The standard InChI is InChI=1S/C14H22N6/c1-9-8-10(2)17-13-11(9)12(15)18-14(19-13)16-6-5-7-20(3)4/h8H,5-7H2,1-4H3,(H3,15,16,17,18,19). The molecule has 2 aromatic heterocycles.